The molecular weight excluding hydrogens is 448 g/mol. The van der Waals surface area contributed by atoms with Crippen molar-refractivity contribution in [3.63, 3.8) is 0 Å². The summed E-state index contributed by atoms with van der Waals surface area (Å²) in [6.45, 7) is 7.83. The smallest absolute Gasteiger partial charge is 0.336 e. The number of ketones is 1. The number of ether oxygens (including phenoxy) is 1. The van der Waals surface area contributed by atoms with Gasteiger partial charge in [-0.15, -0.1) is 0 Å². The molecule has 7 nitrogen and oxygen atoms in total. The summed E-state index contributed by atoms with van der Waals surface area (Å²) >= 11 is 0. The Kier molecular flexibility index (Phi) is 5.91. The number of aliphatic hydroxyl groups excluding tert-OH is 3. The summed E-state index contributed by atoms with van der Waals surface area (Å²) in [6.07, 6.45) is 4.62. The predicted octanol–water partition coefficient (Wildman–Crippen LogP) is 2.31. The van der Waals surface area contributed by atoms with Crippen molar-refractivity contribution in [3.05, 3.63) is 23.3 Å². The molecule has 194 valence electrons. The molecular formula is C28H40O7. The van der Waals surface area contributed by atoms with Gasteiger partial charge in [-0.05, 0) is 93.1 Å². The Hall–Kier alpha value is -1.54. The average Bonchev–Trinajstić information content (AvgIpc) is 3.16. The Labute approximate surface area is 207 Å². The molecule has 11 atom stereocenters. The van der Waals surface area contributed by atoms with Crippen LogP contribution >= 0.6 is 0 Å². The van der Waals surface area contributed by atoms with Crippen molar-refractivity contribution < 1.29 is 34.8 Å². The van der Waals surface area contributed by atoms with Crippen molar-refractivity contribution in [1.29, 1.82) is 0 Å². The molecule has 3 fully saturated rings. The molecule has 0 radical (unpaired) electrons. The third-order valence-corrected chi connectivity index (χ3v) is 11.4. The molecule has 0 unspecified atom stereocenters. The van der Waals surface area contributed by atoms with E-state index in [4.69, 9.17) is 4.74 Å². The van der Waals surface area contributed by atoms with Crippen molar-refractivity contribution in [2.75, 3.05) is 6.61 Å². The molecule has 35 heavy (non-hydrogen) atoms. The van der Waals surface area contributed by atoms with Gasteiger partial charge in [-0.2, -0.15) is 0 Å². The molecule has 5 aliphatic rings. The number of allylic oxidation sites excluding steroid dienone is 1. The van der Waals surface area contributed by atoms with E-state index in [9.17, 15) is 30.0 Å². The first-order chi connectivity index (χ1) is 16.4. The van der Waals surface area contributed by atoms with Crippen molar-refractivity contribution >= 4 is 11.8 Å². The lowest BCUT2D eigenvalue weighted by atomic mass is 9.42. The highest BCUT2D eigenvalue weighted by atomic mass is 16.5. The zero-order valence-corrected chi connectivity index (χ0v) is 21.2. The van der Waals surface area contributed by atoms with Crippen molar-refractivity contribution in [2.24, 2.45) is 40.4 Å². The average molecular weight is 489 g/mol. The third-order valence-electron chi connectivity index (χ3n) is 11.4. The topological polar surface area (TPSA) is 124 Å². The van der Waals surface area contributed by atoms with Gasteiger partial charge < -0.3 is 25.2 Å². The SMILES string of the molecule is CC1=C(CO)C(=O)O[C@@H]([C@@H](C)[C@H]2CC[C@H]3[C@@H]4C[C@H](O)[C@]5(O)[C@@H](O)C=CC(=O)[C@]5(C)[C@H]4CC[C@]23C)C1. The van der Waals surface area contributed by atoms with Crippen LogP contribution in [0.5, 0.6) is 0 Å². The molecule has 4 N–H and O–H groups in total. The second-order valence-corrected chi connectivity index (χ2v) is 12.5. The minimum atomic E-state index is -1.87. The summed E-state index contributed by atoms with van der Waals surface area (Å²) in [5.41, 5.74) is -1.86. The summed E-state index contributed by atoms with van der Waals surface area (Å²) in [4.78, 5) is 25.7. The molecule has 0 aromatic rings. The summed E-state index contributed by atoms with van der Waals surface area (Å²) in [7, 11) is 0. The molecule has 0 aromatic heterocycles. The standard InChI is InChI=1S/C28H40O7/c1-14-11-21(35-25(33)17(14)13-29)15(2)18-5-6-19-16-12-24(32)28(34)23(31)8-7-22(30)27(28,4)20(16)9-10-26(18,19)3/h7-8,15-16,18-21,23-24,29,31-32,34H,5-6,9-13H2,1-4H3/t15-,16-,18+,19-,20-,21+,23-,24-,26+,27-,28+/m0/s1. The molecule has 4 aliphatic carbocycles. The van der Waals surface area contributed by atoms with E-state index in [1.54, 1.807) is 6.92 Å². The van der Waals surface area contributed by atoms with Crippen LogP contribution in [0.25, 0.3) is 0 Å². The number of rotatable bonds is 3. The highest BCUT2D eigenvalue weighted by molar-refractivity contribution is 5.97. The minimum absolute atomic E-state index is 0.0282. The molecule has 0 saturated heterocycles. The first kappa shape index (κ1) is 25.1. The minimum Gasteiger partial charge on any atom is -0.458 e. The van der Waals surface area contributed by atoms with E-state index in [1.807, 2.05) is 6.92 Å². The molecule has 0 aromatic carbocycles. The monoisotopic (exact) mass is 488 g/mol. The lowest BCUT2D eigenvalue weighted by molar-refractivity contribution is -0.258. The van der Waals surface area contributed by atoms with Gasteiger partial charge in [0.2, 0.25) is 0 Å². The van der Waals surface area contributed by atoms with Gasteiger partial charge >= 0.3 is 5.97 Å². The first-order valence-corrected chi connectivity index (χ1v) is 13.2. The van der Waals surface area contributed by atoms with Crippen molar-refractivity contribution in [2.45, 2.75) is 90.1 Å². The maximum absolute atomic E-state index is 13.2. The van der Waals surface area contributed by atoms with Gasteiger partial charge in [-0.25, -0.2) is 4.79 Å². The van der Waals surface area contributed by atoms with E-state index >= 15 is 0 Å². The van der Waals surface area contributed by atoms with Gasteiger partial charge in [-0.3, -0.25) is 4.79 Å². The molecule has 0 spiro atoms. The summed E-state index contributed by atoms with van der Waals surface area (Å²) in [5.74, 6) is 0.0915. The van der Waals surface area contributed by atoms with Crippen LogP contribution in [0.4, 0.5) is 0 Å². The summed E-state index contributed by atoms with van der Waals surface area (Å²) < 4.78 is 5.80. The van der Waals surface area contributed by atoms with Crippen LogP contribution < -0.4 is 0 Å². The predicted molar refractivity (Wildman–Crippen MR) is 128 cm³/mol. The van der Waals surface area contributed by atoms with E-state index in [0.29, 0.717) is 24.3 Å². The number of carbonyl (C=O) groups is 2. The second-order valence-electron chi connectivity index (χ2n) is 12.5. The summed E-state index contributed by atoms with van der Waals surface area (Å²) in [5, 5.41) is 42.9. The highest BCUT2D eigenvalue weighted by Gasteiger charge is 2.71. The molecule has 1 heterocycles. The lowest BCUT2D eigenvalue weighted by Gasteiger charge is -2.63. The van der Waals surface area contributed by atoms with Crippen LogP contribution in [-0.4, -0.2) is 62.7 Å². The number of carbonyl (C=O) groups excluding carboxylic acids is 2. The Balaban J connectivity index is 1.43. The fraction of sp³-hybridized carbons (Fsp3) is 0.786. The zero-order chi connectivity index (χ0) is 25.5. The van der Waals surface area contributed by atoms with Crippen LogP contribution in [0.15, 0.2) is 23.3 Å². The number of aliphatic hydroxyl groups is 4. The van der Waals surface area contributed by atoms with Gasteiger partial charge in [0.25, 0.3) is 0 Å². The zero-order valence-electron chi connectivity index (χ0n) is 21.2. The van der Waals surface area contributed by atoms with Crippen LogP contribution in [0.2, 0.25) is 0 Å². The van der Waals surface area contributed by atoms with Crippen LogP contribution in [0, 0.1) is 40.4 Å². The Bertz CT molecular complexity index is 986. The molecule has 1 aliphatic heterocycles. The molecule has 0 bridgehead atoms. The number of cyclic esters (lactones) is 1. The van der Waals surface area contributed by atoms with Gasteiger partial charge in [0, 0.05) is 6.42 Å². The van der Waals surface area contributed by atoms with Crippen LogP contribution in [0.3, 0.4) is 0 Å². The molecule has 3 saturated carbocycles. The third kappa shape index (κ3) is 3.17. The Morgan fingerprint density at radius 3 is 2.51 bits per heavy atom. The van der Waals surface area contributed by atoms with E-state index < -0.39 is 29.2 Å². The largest absolute Gasteiger partial charge is 0.458 e. The lowest BCUT2D eigenvalue weighted by Crippen LogP contribution is -2.73. The molecule has 0 amide bonds. The molecule has 7 heteroatoms. The van der Waals surface area contributed by atoms with Crippen LogP contribution in [-0.2, 0) is 14.3 Å². The normalized spacial score (nSPS) is 50.3. The number of esters is 1. The maximum atomic E-state index is 13.2. The molecule has 5 rings (SSSR count). The second kappa shape index (κ2) is 8.23. The van der Waals surface area contributed by atoms with E-state index in [2.05, 4.69) is 13.8 Å². The first-order valence-electron chi connectivity index (χ1n) is 13.2. The van der Waals surface area contributed by atoms with Gasteiger partial charge in [-0.1, -0.05) is 19.4 Å². The van der Waals surface area contributed by atoms with Gasteiger partial charge in [0.05, 0.1) is 23.7 Å². The number of hydrogen-bond donors (Lipinski definition) is 4. The van der Waals surface area contributed by atoms with Crippen molar-refractivity contribution in [3.8, 4) is 0 Å². The van der Waals surface area contributed by atoms with Crippen molar-refractivity contribution in [1.82, 2.24) is 0 Å². The Morgan fingerprint density at radius 1 is 1.14 bits per heavy atom. The Morgan fingerprint density at radius 2 is 1.86 bits per heavy atom. The summed E-state index contributed by atoms with van der Waals surface area (Å²) in [6, 6.07) is 0. The van der Waals surface area contributed by atoms with Crippen LogP contribution in [0.1, 0.15) is 66.2 Å². The number of hydrogen-bond acceptors (Lipinski definition) is 7. The van der Waals surface area contributed by atoms with E-state index in [-0.39, 0.29) is 47.6 Å². The van der Waals surface area contributed by atoms with E-state index in [1.165, 1.54) is 12.2 Å². The van der Waals surface area contributed by atoms with Gasteiger partial charge in [0.15, 0.2) is 5.78 Å². The highest BCUT2D eigenvalue weighted by Crippen LogP contribution is 2.68. The van der Waals surface area contributed by atoms with Gasteiger partial charge in [0.1, 0.15) is 17.8 Å². The fourth-order valence-electron chi connectivity index (χ4n) is 9.30. The number of fused-ring (bicyclic) bond motifs is 5. The fourth-order valence-corrected chi connectivity index (χ4v) is 9.30. The quantitative estimate of drug-likeness (QED) is 0.450. The maximum Gasteiger partial charge on any atom is 0.336 e. The van der Waals surface area contributed by atoms with E-state index in [0.717, 1.165) is 31.3 Å².